The molecule has 0 unspecified atom stereocenters. The van der Waals surface area contributed by atoms with Crippen LogP contribution in [-0.2, 0) is 6.54 Å². The Bertz CT molecular complexity index is 919. The van der Waals surface area contributed by atoms with E-state index < -0.39 is 0 Å². The number of ether oxygens (including phenoxy) is 1. The first-order valence-corrected chi connectivity index (χ1v) is 9.62. The van der Waals surface area contributed by atoms with E-state index in [9.17, 15) is 4.79 Å². The molecule has 0 saturated carbocycles. The molecule has 0 amide bonds. The van der Waals surface area contributed by atoms with E-state index in [0.29, 0.717) is 0 Å². The van der Waals surface area contributed by atoms with Crippen molar-refractivity contribution < 1.29 is 9.53 Å². The first kappa shape index (κ1) is 17.7. The number of hydrogen-bond acceptors (Lipinski definition) is 3. The van der Waals surface area contributed by atoms with Crippen molar-refractivity contribution in [2.45, 2.75) is 19.4 Å². The zero-order valence-corrected chi connectivity index (χ0v) is 15.7. The maximum Gasteiger partial charge on any atom is 0.166 e. The molecule has 3 nitrogen and oxygen atoms in total. The fraction of sp³-hybridized carbons (Fsp3) is 0.292. The number of nitrogens with zero attached hydrogens (tertiary/aromatic N) is 1. The van der Waals surface area contributed by atoms with Gasteiger partial charge < -0.3 is 4.74 Å². The third kappa shape index (κ3) is 3.88. The molecule has 3 aromatic carbocycles. The molecule has 0 N–H and O–H groups in total. The quantitative estimate of drug-likeness (QED) is 0.604. The zero-order chi connectivity index (χ0) is 18.6. The number of benzene rings is 3. The van der Waals surface area contributed by atoms with Crippen LogP contribution in [0.4, 0.5) is 0 Å². The van der Waals surface area contributed by atoms with Crippen molar-refractivity contribution in [2.24, 2.45) is 5.92 Å². The van der Waals surface area contributed by atoms with Crippen LogP contribution in [0.1, 0.15) is 28.8 Å². The maximum absolute atomic E-state index is 12.8. The molecule has 0 radical (unpaired) electrons. The number of likely N-dealkylation sites (tertiary alicyclic amines) is 1. The number of rotatable bonds is 5. The van der Waals surface area contributed by atoms with Gasteiger partial charge in [0.25, 0.3) is 0 Å². The molecular formula is C24H25NO2. The minimum absolute atomic E-state index is 0.127. The monoisotopic (exact) mass is 359 g/mol. The summed E-state index contributed by atoms with van der Waals surface area (Å²) in [6.45, 7) is 2.89. The minimum atomic E-state index is 0.127. The molecule has 0 aliphatic carbocycles. The molecule has 0 aromatic heterocycles. The van der Waals surface area contributed by atoms with Crippen LogP contribution < -0.4 is 4.74 Å². The normalized spacial score (nSPS) is 15.7. The Morgan fingerprint density at radius 2 is 1.67 bits per heavy atom. The number of fused-ring (bicyclic) bond motifs is 1. The summed E-state index contributed by atoms with van der Waals surface area (Å²) in [6, 6.07) is 22.6. The van der Waals surface area contributed by atoms with Gasteiger partial charge in [-0.05, 0) is 66.5 Å². The molecule has 138 valence electrons. The average molecular weight is 359 g/mol. The van der Waals surface area contributed by atoms with E-state index >= 15 is 0 Å². The molecule has 1 fully saturated rings. The standard InChI is InChI=1S/C24H25NO2/c1-27-22-11-9-19(10-12-22)24(26)20-13-15-25(16-14-20)17-21-7-4-6-18-5-2-3-8-23(18)21/h2-12,20H,13-17H2,1H3. The third-order valence-electron chi connectivity index (χ3n) is 5.61. The summed E-state index contributed by atoms with van der Waals surface area (Å²) in [4.78, 5) is 15.3. The van der Waals surface area contributed by atoms with Crippen molar-refractivity contribution >= 4 is 16.6 Å². The lowest BCUT2D eigenvalue weighted by Crippen LogP contribution is -2.36. The van der Waals surface area contributed by atoms with Crippen LogP contribution in [0, 0.1) is 5.92 Å². The molecule has 3 heteroatoms. The Labute approximate surface area is 160 Å². The second-order valence-electron chi connectivity index (χ2n) is 7.28. The lowest BCUT2D eigenvalue weighted by Gasteiger charge is -2.31. The Morgan fingerprint density at radius 1 is 0.963 bits per heavy atom. The van der Waals surface area contributed by atoms with Crippen molar-refractivity contribution in [2.75, 3.05) is 20.2 Å². The number of ketones is 1. The highest BCUT2D eigenvalue weighted by Gasteiger charge is 2.26. The average Bonchev–Trinajstić information content (AvgIpc) is 2.74. The Kier molecular flexibility index (Phi) is 5.21. The Hall–Kier alpha value is -2.65. The van der Waals surface area contributed by atoms with Gasteiger partial charge in [0.2, 0.25) is 0 Å². The summed E-state index contributed by atoms with van der Waals surface area (Å²) in [6.07, 6.45) is 1.85. The maximum atomic E-state index is 12.8. The summed E-state index contributed by atoms with van der Waals surface area (Å²) >= 11 is 0. The van der Waals surface area contributed by atoms with Gasteiger partial charge in [-0.15, -0.1) is 0 Å². The fourth-order valence-corrected chi connectivity index (χ4v) is 4.02. The molecule has 3 aromatic rings. The number of Topliss-reactive ketones (excluding diaryl/α,β-unsaturated/α-hetero) is 1. The highest BCUT2D eigenvalue weighted by atomic mass is 16.5. The van der Waals surface area contributed by atoms with Crippen LogP contribution in [0.25, 0.3) is 10.8 Å². The number of carbonyl (C=O) groups is 1. The van der Waals surface area contributed by atoms with Gasteiger partial charge in [0.1, 0.15) is 5.75 Å². The van der Waals surface area contributed by atoms with Crippen LogP contribution in [0.5, 0.6) is 5.75 Å². The first-order chi connectivity index (χ1) is 13.2. The summed E-state index contributed by atoms with van der Waals surface area (Å²) in [5, 5.41) is 2.62. The zero-order valence-electron chi connectivity index (χ0n) is 15.7. The SMILES string of the molecule is COc1ccc(C(=O)C2CCN(Cc3cccc4ccccc34)CC2)cc1. The first-order valence-electron chi connectivity index (χ1n) is 9.62. The van der Waals surface area contributed by atoms with Crippen LogP contribution in [0.2, 0.25) is 0 Å². The number of hydrogen-bond donors (Lipinski definition) is 0. The van der Waals surface area contributed by atoms with Crippen molar-refractivity contribution in [3.63, 3.8) is 0 Å². The fourth-order valence-electron chi connectivity index (χ4n) is 4.02. The van der Waals surface area contributed by atoms with Gasteiger partial charge in [-0.25, -0.2) is 0 Å². The van der Waals surface area contributed by atoms with E-state index in [-0.39, 0.29) is 11.7 Å². The highest BCUT2D eigenvalue weighted by molar-refractivity contribution is 5.98. The summed E-state index contributed by atoms with van der Waals surface area (Å²) < 4.78 is 5.18. The molecule has 27 heavy (non-hydrogen) atoms. The summed E-state index contributed by atoms with van der Waals surface area (Å²) in [5.41, 5.74) is 2.16. The number of carbonyl (C=O) groups excluding carboxylic acids is 1. The van der Waals surface area contributed by atoms with Gasteiger partial charge in [-0.1, -0.05) is 42.5 Å². The molecule has 4 rings (SSSR count). The summed E-state index contributed by atoms with van der Waals surface area (Å²) in [7, 11) is 1.64. The van der Waals surface area contributed by atoms with Crippen LogP contribution >= 0.6 is 0 Å². The van der Waals surface area contributed by atoms with E-state index in [1.165, 1.54) is 16.3 Å². The van der Waals surface area contributed by atoms with Gasteiger partial charge in [0, 0.05) is 18.0 Å². The van der Waals surface area contributed by atoms with Crippen molar-refractivity contribution in [3.8, 4) is 5.75 Å². The van der Waals surface area contributed by atoms with Crippen LogP contribution in [0.3, 0.4) is 0 Å². The molecular weight excluding hydrogens is 334 g/mol. The van der Waals surface area contributed by atoms with Gasteiger partial charge in [0.05, 0.1) is 7.11 Å². The van der Waals surface area contributed by atoms with Crippen molar-refractivity contribution in [1.82, 2.24) is 4.90 Å². The molecule has 1 saturated heterocycles. The number of methoxy groups -OCH3 is 1. The predicted molar refractivity (Wildman–Crippen MR) is 109 cm³/mol. The molecule has 0 bridgehead atoms. The van der Waals surface area contributed by atoms with Gasteiger partial charge in [-0.3, -0.25) is 9.69 Å². The third-order valence-corrected chi connectivity index (χ3v) is 5.61. The molecule has 1 aliphatic rings. The lowest BCUT2D eigenvalue weighted by molar-refractivity contribution is 0.0835. The van der Waals surface area contributed by atoms with Crippen molar-refractivity contribution in [1.29, 1.82) is 0 Å². The van der Waals surface area contributed by atoms with Crippen LogP contribution in [-0.4, -0.2) is 30.9 Å². The molecule has 0 atom stereocenters. The van der Waals surface area contributed by atoms with E-state index in [0.717, 1.165) is 43.8 Å². The lowest BCUT2D eigenvalue weighted by atomic mass is 9.88. The van der Waals surface area contributed by atoms with E-state index in [2.05, 4.69) is 47.4 Å². The minimum Gasteiger partial charge on any atom is -0.497 e. The van der Waals surface area contributed by atoms with Crippen molar-refractivity contribution in [3.05, 3.63) is 77.9 Å². The van der Waals surface area contributed by atoms with Gasteiger partial charge in [-0.2, -0.15) is 0 Å². The van der Waals surface area contributed by atoms with Gasteiger partial charge >= 0.3 is 0 Å². The molecule has 1 heterocycles. The van der Waals surface area contributed by atoms with Gasteiger partial charge in [0.15, 0.2) is 5.78 Å². The Balaban J connectivity index is 1.39. The predicted octanol–water partition coefficient (Wildman–Crippen LogP) is 4.94. The topological polar surface area (TPSA) is 29.5 Å². The van der Waals surface area contributed by atoms with Crippen LogP contribution in [0.15, 0.2) is 66.7 Å². The second-order valence-corrected chi connectivity index (χ2v) is 7.28. The summed E-state index contributed by atoms with van der Waals surface area (Å²) in [5.74, 6) is 1.18. The van der Waals surface area contributed by atoms with E-state index in [1.54, 1.807) is 7.11 Å². The molecule has 1 aliphatic heterocycles. The second kappa shape index (κ2) is 7.93. The largest absolute Gasteiger partial charge is 0.497 e. The highest BCUT2D eigenvalue weighted by Crippen LogP contribution is 2.26. The Morgan fingerprint density at radius 3 is 2.41 bits per heavy atom. The number of piperidine rings is 1. The van der Waals surface area contributed by atoms with E-state index in [4.69, 9.17) is 4.74 Å². The van der Waals surface area contributed by atoms with E-state index in [1.807, 2.05) is 24.3 Å². The smallest absolute Gasteiger partial charge is 0.166 e. The molecule has 0 spiro atoms.